The molecule has 0 bridgehead atoms. The lowest BCUT2D eigenvalue weighted by Crippen LogP contribution is -1.80. The van der Waals surface area contributed by atoms with Gasteiger partial charge in [0.1, 0.15) is 18.7 Å². The topological polar surface area (TPSA) is 72.0 Å². The number of aliphatic hydroxyl groups is 1. The minimum Gasteiger partial charge on any atom is -0.439 e. The molecule has 0 aliphatic carbocycles. The molecule has 0 amide bonds. The van der Waals surface area contributed by atoms with Crippen molar-refractivity contribution in [1.29, 1.82) is 0 Å². The molecule has 66 valence electrons. The molecule has 0 saturated heterocycles. The second kappa shape index (κ2) is 3.32. The number of aliphatic hydroxyl groups excluding tert-OH is 1. The fraction of sp³-hybridized carbons (Fsp3) is 0.125. The lowest BCUT2D eigenvalue weighted by Gasteiger charge is -1.91. The number of hydrogen-bond acceptors (Lipinski definition) is 5. The van der Waals surface area contributed by atoms with E-state index in [-0.39, 0.29) is 6.61 Å². The summed E-state index contributed by atoms with van der Waals surface area (Å²) < 4.78 is 5.18. The fourth-order valence-corrected chi connectivity index (χ4v) is 0.924. The van der Waals surface area contributed by atoms with Crippen molar-refractivity contribution in [2.75, 3.05) is 0 Å². The third-order valence-corrected chi connectivity index (χ3v) is 1.52. The molecule has 2 rings (SSSR count). The van der Waals surface area contributed by atoms with E-state index in [0.29, 0.717) is 17.2 Å². The minimum absolute atomic E-state index is 0.152. The Hall–Kier alpha value is -1.75. The van der Waals surface area contributed by atoms with Gasteiger partial charge < -0.3 is 9.52 Å². The summed E-state index contributed by atoms with van der Waals surface area (Å²) in [5, 5.41) is 8.73. The molecule has 1 N–H and O–H groups in total. The van der Waals surface area contributed by atoms with E-state index in [2.05, 4.69) is 15.0 Å². The molecule has 5 nitrogen and oxygen atoms in total. The average Bonchev–Trinajstić information content (AvgIpc) is 2.67. The molecule has 13 heavy (non-hydrogen) atoms. The molecule has 0 atom stereocenters. The normalized spacial score (nSPS) is 10.2. The Kier molecular flexibility index (Phi) is 2.01. The van der Waals surface area contributed by atoms with Crippen LogP contribution in [0.15, 0.2) is 29.3 Å². The van der Waals surface area contributed by atoms with Gasteiger partial charge in [-0.25, -0.2) is 15.0 Å². The van der Waals surface area contributed by atoms with Crippen molar-refractivity contribution in [2.45, 2.75) is 6.61 Å². The van der Waals surface area contributed by atoms with Crippen LogP contribution in [-0.2, 0) is 6.61 Å². The predicted octanol–water partition coefficient (Wildman–Crippen LogP) is 0.624. The van der Waals surface area contributed by atoms with Crippen molar-refractivity contribution in [3.8, 4) is 11.5 Å². The van der Waals surface area contributed by atoms with Crippen molar-refractivity contribution in [3.63, 3.8) is 0 Å². The van der Waals surface area contributed by atoms with Crippen LogP contribution >= 0.6 is 0 Å². The van der Waals surface area contributed by atoms with E-state index in [1.165, 1.54) is 12.5 Å². The largest absolute Gasteiger partial charge is 0.439 e. The summed E-state index contributed by atoms with van der Waals surface area (Å²) in [6, 6.07) is 0. The molecule has 0 spiro atoms. The van der Waals surface area contributed by atoms with E-state index in [0.717, 1.165) is 0 Å². The standard InChI is InChI=1S/C8H7N3O2/c12-4-7-3-11-8(13-7)6-1-9-5-10-2-6/h1-3,5,12H,4H2. The van der Waals surface area contributed by atoms with E-state index in [1.54, 1.807) is 12.4 Å². The third-order valence-electron chi connectivity index (χ3n) is 1.52. The quantitative estimate of drug-likeness (QED) is 0.728. The molecule has 2 heterocycles. The Morgan fingerprint density at radius 2 is 2.00 bits per heavy atom. The van der Waals surface area contributed by atoms with Gasteiger partial charge in [0.2, 0.25) is 5.89 Å². The van der Waals surface area contributed by atoms with Crippen LogP contribution in [0.1, 0.15) is 5.76 Å². The molecule has 5 heteroatoms. The van der Waals surface area contributed by atoms with Gasteiger partial charge in [-0.15, -0.1) is 0 Å². The highest BCUT2D eigenvalue weighted by Crippen LogP contribution is 2.16. The fourth-order valence-electron chi connectivity index (χ4n) is 0.924. The van der Waals surface area contributed by atoms with Crippen LogP contribution in [-0.4, -0.2) is 20.1 Å². The zero-order valence-electron chi connectivity index (χ0n) is 6.71. The first kappa shape index (κ1) is 7.88. The van der Waals surface area contributed by atoms with Gasteiger partial charge in [-0.1, -0.05) is 0 Å². The predicted molar refractivity (Wildman–Crippen MR) is 43.5 cm³/mol. The third kappa shape index (κ3) is 1.54. The maximum absolute atomic E-state index is 8.73. The summed E-state index contributed by atoms with van der Waals surface area (Å²) in [5.41, 5.74) is 0.696. The van der Waals surface area contributed by atoms with Gasteiger partial charge in [0.25, 0.3) is 0 Å². The van der Waals surface area contributed by atoms with Crippen LogP contribution in [0.25, 0.3) is 11.5 Å². The Morgan fingerprint density at radius 3 is 2.62 bits per heavy atom. The van der Waals surface area contributed by atoms with Gasteiger partial charge in [0.05, 0.1) is 11.8 Å². The van der Waals surface area contributed by atoms with Gasteiger partial charge in [-0.05, 0) is 0 Å². The van der Waals surface area contributed by atoms with Crippen LogP contribution in [0.2, 0.25) is 0 Å². The van der Waals surface area contributed by atoms with Crippen LogP contribution in [0, 0.1) is 0 Å². The van der Waals surface area contributed by atoms with E-state index in [9.17, 15) is 0 Å². The van der Waals surface area contributed by atoms with Gasteiger partial charge in [-0.3, -0.25) is 0 Å². The van der Waals surface area contributed by atoms with Crippen LogP contribution < -0.4 is 0 Å². The van der Waals surface area contributed by atoms with Gasteiger partial charge in [-0.2, -0.15) is 0 Å². The second-order valence-electron chi connectivity index (χ2n) is 2.42. The Labute approximate surface area is 74.1 Å². The first-order valence-electron chi connectivity index (χ1n) is 3.71. The molecule has 0 unspecified atom stereocenters. The molecule has 0 fully saturated rings. The SMILES string of the molecule is OCc1cnc(-c2cncnc2)o1. The Bertz CT molecular complexity index is 385. The van der Waals surface area contributed by atoms with Crippen molar-refractivity contribution in [1.82, 2.24) is 15.0 Å². The summed E-state index contributed by atoms with van der Waals surface area (Å²) in [6.45, 7) is -0.152. The molecule has 2 aromatic rings. The summed E-state index contributed by atoms with van der Waals surface area (Å²) >= 11 is 0. The molecule has 0 saturated carbocycles. The number of nitrogens with zero attached hydrogens (tertiary/aromatic N) is 3. The molecule has 2 aromatic heterocycles. The minimum atomic E-state index is -0.152. The van der Waals surface area contributed by atoms with Crippen molar-refractivity contribution in [3.05, 3.63) is 30.7 Å². The lowest BCUT2D eigenvalue weighted by atomic mass is 10.3. The van der Waals surface area contributed by atoms with E-state index < -0.39 is 0 Å². The van der Waals surface area contributed by atoms with Crippen molar-refractivity contribution < 1.29 is 9.52 Å². The molecule has 0 aliphatic heterocycles. The summed E-state index contributed by atoms with van der Waals surface area (Å²) in [6.07, 6.45) is 6.10. The number of oxazole rings is 1. The average molecular weight is 177 g/mol. The van der Waals surface area contributed by atoms with E-state index in [4.69, 9.17) is 9.52 Å². The highest BCUT2D eigenvalue weighted by atomic mass is 16.4. The van der Waals surface area contributed by atoms with Crippen LogP contribution in [0.5, 0.6) is 0 Å². The van der Waals surface area contributed by atoms with E-state index in [1.807, 2.05) is 0 Å². The number of hydrogen-bond donors (Lipinski definition) is 1. The maximum Gasteiger partial charge on any atom is 0.229 e. The number of rotatable bonds is 2. The van der Waals surface area contributed by atoms with E-state index >= 15 is 0 Å². The smallest absolute Gasteiger partial charge is 0.229 e. The molecular formula is C8H7N3O2. The molecule has 0 aliphatic rings. The highest BCUT2D eigenvalue weighted by molar-refractivity contribution is 5.49. The zero-order valence-corrected chi connectivity index (χ0v) is 6.71. The Balaban J connectivity index is 2.36. The van der Waals surface area contributed by atoms with Crippen molar-refractivity contribution in [2.24, 2.45) is 0 Å². The van der Waals surface area contributed by atoms with Crippen molar-refractivity contribution >= 4 is 0 Å². The summed E-state index contributed by atoms with van der Waals surface area (Å²) in [5.74, 6) is 0.850. The lowest BCUT2D eigenvalue weighted by molar-refractivity contribution is 0.248. The van der Waals surface area contributed by atoms with Gasteiger partial charge in [0.15, 0.2) is 0 Å². The summed E-state index contributed by atoms with van der Waals surface area (Å²) in [4.78, 5) is 11.6. The first-order chi connectivity index (χ1) is 6.40. The monoisotopic (exact) mass is 177 g/mol. The molecule has 0 aromatic carbocycles. The van der Waals surface area contributed by atoms with Crippen LogP contribution in [0.4, 0.5) is 0 Å². The zero-order chi connectivity index (χ0) is 9.10. The molecule has 0 radical (unpaired) electrons. The molecular weight excluding hydrogens is 170 g/mol. The summed E-state index contributed by atoms with van der Waals surface area (Å²) in [7, 11) is 0. The van der Waals surface area contributed by atoms with Crippen LogP contribution in [0.3, 0.4) is 0 Å². The first-order valence-corrected chi connectivity index (χ1v) is 3.71. The van der Waals surface area contributed by atoms with Gasteiger partial charge in [0, 0.05) is 12.4 Å². The number of aromatic nitrogens is 3. The van der Waals surface area contributed by atoms with Gasteiger partial charge >= 0.3 is 0 Å². The maximum atomic E-state index is 8.73. The second-order valence-corrected chi connectivity index (χ2v) is 2.42. The Morgan fingerprint density at radius 1 is 1.23 bits per heavy atom. The highest BCUT2D eigenvalue weighted by Gasteiger charge is 2.05.